The van der Waals surface area contributed by atoms with E-state index in [1.54, 1.807) is 6.20 Å². The Kier molecular flexibility index (Phi) is 5.47. The number of rotatable bonds is 6. The van der Waals surface area contributed by atoms with Crippen molar-refractivity contribution in [2.75, 3.05) is 13.1 Å². The number of aliphatic carboxylic acids is 1. The van der Waals surface area contributed by atoms with Crippen LogP contribution in [0.15, 0.2) is 73.1 Å². The number of carbonyl (C=O) groups is 1. The highest BCUT2D eigenvalue weighted by molar-refractivity contribution is 5.76. The summed E-state index contributed by atoms with van der Waals surface area (Å²) in [4.78, 5) is 14.5. The Morgan fingerprint density at radius 1 is 1.10 bits per heavy atom. The van der Waals surface area contributed by atoms with Crippen molar-refractivity contribution in [3.8, 4) is 5.69 Å². The molecule has 1 saturated heterocycles. The average molecular weight is 391 g/mol. The highest BCUT2D eigenvalue weighted by Crippen LogP contribution is 2.35. The van der Waals surface area contributed by atoms with E-state index < -0.39 is 17.5 Å². The highest BCUT2D eigenvalue weighted by atomic mass is 16.4. The van der Waals surface area contributed by atoms with Gasteiger partial charge in [0, 0.05) is 32.0 Å². The zero-order chi connectivity index (χ0) is 20.3. The molecule has 0 unspecified atom stereocenters. The number of aliphatic hydroxyl groups excluding tert-OH is 1. The summed E-state index contributed by atoms with van der Waals surface area (Å²) in [5.41, 5.74) is 1.76. The van der Waals surface area contributed by atoms with Gasteiger partial charge in [-0.3, -0.25) is 9.69 Å². The molecule has 1 aromatic heterocycles. The van der Waals surface area contributed by atoms with Crippen molar-refractivity contribution in [3.05, 3.63) is 84.2 Å². The van der Waals surface area contributed by atoms with E-state index in [0.717, 1.165) is 16.8 Å². The zero-order valence-corrected chi connectivity index (χ0v) is 16.2. The molecule has 1 aliphatic rings. The summed E-state index contributed by atoms with van der Waals surface area (Å²) >= 11 is 0. The predicted molar refractivity (Wildman–Crippen MR) is 110 cm³/mol. The summed E-state index contributed by atoms with van der Waals surface area (Å²) in [5.74, 6) is -0.945. The second-order valence-corrected chi connectivity index (χ2v) is 7.72. The summed E-state index contributed by atoms with van der Waals surface area (Å²) in [5, 5.41) is 25.2. The number of hydrogen-bond acceptors (Lipinski definition) is 4. The minimum atomic E-state index is -1.22. The van der Waals surface area contributed by atoms with E-state index in [2.05, 4.69) is 10.00 Å². The number of carboxylic acid groups (broad SMARTS) is 1. The summed E-state index contributed by atoms with van der Waals surface area (Å²) in [7, 11) is 0. The molecule has 29 heavy (non-hydrogen) atoms. The largest absolute Gasteiger partial charge is 0.481 e. The summed E-state index contributed by atoms with van der Waals surface area (Å²) in [6, 6.07) is 19.4. The molecule has 1 aliphatic heterocycles. The number of para-hydroxylation sites is 1. The Hall–Kier alpha value is -2.96. The van der Waals surface area contributed by atoms with Crippen LogP contribution in [0.4, 0.5) is 0 Å². The van der Waals surface area contributed by atoms with Crippen molar-refractivity contribution in [2.45, 2.75) is 25.5 Å². The number of carboxylic acids is 1. The lowest BCUT2D eigenvalue weighted by Crippen LogP contribution is -2.56. The van der Waals surface area contributed by atoms with Gasteiger partial charge in [-0.1, -0.05) is 48.5 Å². The molecule has 2 N–H and O–H groups in total. The van der Waals surface area contributed by atoms with Crippen LogP contribution in [0.2, 0.25) is 0 Å². The Morgan fingerprint density at radius 3 is 2.59 bits per heavy atom. The smallest absolute Gasteiger partial charge is 0.313 e. The lowest BCUT2D eigenvalue weighted by Gasteiger charge is -2.43. The van der Waals surface area contributed by atoms with Gasteiger partial charge in [-0.05, 0) is 36.1 Å². The number of nitrogens with zero attached hydrogens (tertiary/aromatic N) is 3. The van der Waals surface area contributed by atoms with E-state index in [0.29, 0.717) is 32.5 Å². The van der Waals surface area contributed by atoms with Gasteiger partial charge in [-0.2, -0.15) is 5.10 Å². The molecule has 0 bridgehead atoms. The maximum Gasteiger partial charge on any atom is 0.313 e. The topological polar surface area (TPSA) is 78.6 Å². The van der Waals surface area contributed by atoms with Crippen molar-refractivity contribution in [3.63, 3.8) is 0 Å². The predicted octanol–water partition coefficient (Wildman–Crippen LogP) is 2.75. The van der Waals surface area contributed by atoms with Crippen LogP contribution in [-0.4, -0.2) is 50.1 Å². The maximum atomic E-state index is 12.3. The molecule has 2 heterocycles. The average Bonchev–Trinajstić information content (AvgIpc) is 3.26. The molecule has 0 saturated carbocycles. The third-order valence-electron chi connectivity index (χ3n) is 5.79. The van der Waals surface area contributed by atoms with Crippen LogP contribution < -0.4 is 0 Å². The molecular formula is C23H25N3O3. The van der Waals surface area contributed by atoms with Crippen LogP contribution in [0, 0.1) is 5.41 Å². The second kappa shape index (κ2) is 8.19. The van der Waals surface area contributed by atoms with Crippen LogP contribution >= 0.6 is 0 Å². The van der Waals surface area contributed by atoms with Crippen LogP contribution in [0.3, 0.4) is 0 Å². The number of piperidine rings is 1. The van der Waals surface area contributed by atoms with Gasteiger partial charge >= 0.3 is 5.97 Å². The lowest BCUT2D eigenvalue weighted by atomic mass is 9.72. The molecule has 0 aliphatic carbocycles. The van der Waals surface area contributed by atoms with E-state index in [9.17, 15) is 15.0 Å². The normalized spacial score (nSPS) is 22.4. The van der Waals surface area contributed by atoms with Gasteiger partial charge in [0.1, 0.15) is 5.41 Å². The number of likely N-dealkylation sites (tertiary alicyclic amines) is 1. The fourth-order valence-corrected chi connectivity index (χ4v) is 4.24. The quantitative estimate of drug-likeness (QED) is 0.676. The van der Waals surface area contributed by atoms with Gasteiger partial charge in [-0.15, -0.1) is 0 Å². The molecular weight excluding hydrogens is 366 g/mol. The summed E-state index contributed by atoms with van der Waals surface area (Å²) in [6.07, 6.45) is 3.50. The molecule has 4 rings (SSSR count). The lowest BCUT2D eigenvalue weighted by molar-refractivity contribution is -0.163. The molecule has 6 heteroatoms. The maximum absolute atomic E-state index is 12.3. The fraction of sp³-hybridized carbons (Fsp3) is 0.304. The van der Waals surface area contributed by atoms with Crippen molar-refractivity contribution in [1.82, 2.24) is 14.7 Å². The molecule has 1 fully saturated rings. The van der Waals surface area contributed by atoms with Gasteiger partial charge in [-0.25, -0.2) is 4.68 Å². The third kappa shape index (κ3) is 3.95. The number of benzene rings is 2. The minimum absolute atomic E-state index is 0.297. The first-order chi connectivity index (χ1) is 14.1. The highest BCUT2D eigenvalue weighted by Gasteiger charge is 2.49. The van der Waals surface area contributed by atoms with Crippen molar-refractivity contribution in [2.24, 2.45) is 5.41 Å². The van der Waals surface area contributed by atoms with E-state index in [1.165, 1.54) is 0 Å². The fourth-order valence-electron chi connectivity index (χ4n) is 4.24. The van der Waals surface area contributed by atoms with Gasteiger partial charge in [0.25, 0.3) is 0 Å². The van der Waals surface area contributed by atoms with Gasteiger partial charge in [0.15, 0.2) is 0 Å². The van der Waals surface area contributed by atoms with E-state index in [4.69, 9.17) is 0 Å². The molecule has 6 nitrogen and oxygen atoms in total. The molecule has 0 spiro atoms. The molecule has 150 valence electrons. The Morgan fingerprint density at radius 2 is 1.86 bits per heavy atom. The Balaban J connectivity index is 1.60. The summed E-state index contributed by atoms with van der Waals surface area (Å²) in [6.45, 7) is 1.55. The molecule has 0 radical (unpaired) electrons. The molecule has 3 aromatic rings. The van der Waals surface area contributed by atoms with Crippen LogP contribution in [0.25, 0.3) is 5.69 Å². The SMILES string of the molecule is O=C(O)[C@]1(Cc2ccccc2)CN(Cc2ccccc2-n2cccn2)CC[C@H]1O. The monoisotopic (exact) mass is 391 g/mol. The Bertz CT molecular complexity index is 959. The van der Waals surface area contributed by atoms with Crippen LogP contribution in [0.5, 0.6) is 0 Å². The van der Waals surface area contributed by atoms with Gasteiger partial charge < -0.3 is 10.2 Å². The molecule has 2 atom stereocenters. The minimum Gasteiger partial charge on any atom is -0.481 e. The van der Waals surface area contributed by atoms with Crippen molar-refractivity contribution in [1.29, 1.82) is 0 Å². The van der Waals surface area contributed by atoms with Crippen molar-refractivity contribution < 1.29 is 15.0 Å². The Labute approximate surface area is 170 Å². The van der Waals surface area contributed by atoms with E-state index >= 15 is 0 Å². The third-order valence-corrected chi connectivity index (χ3v) is 5.79. The molecule has 2 aromatic carbocycles. The van der Waals surface area contributed by atoms with E-state index in [1.807, 2.05) is 71.5 Å². The number of aromatic nitrogens is 2. The van der Waals surface area contributed by atoms with Crippen LogP contribution in [0.1, 0.15) is 17.5 Å². The van der Waals surface area contributed by atoms with Crippen LogP contribution in [-0.2, 0) is 17.8 Å². The standard InChI is InChI=1S/C23H25N3O3/c27-21-11-14-25(16-19-9-4-5-10-20(19)26-13-6-12-24-26)17-23(21,22(28)29)15-18-7-2-1-3-8-18/h1-10,12-13,21,27H,11,14-17H2,(H,28,29)/t21-,23-/m1/s1. The summed E-state index contributed by atoms with van der Waals surface area (Å²) < 4.78 is 1.82. The first-order valence-electron chi connectivity index (χ1n) is 9.84. The number of aliphatic hydroxyl groups is 1. The van der Waals surface area contributed by atoms with Crippen molar-refractivity contribution >= 4 is 5.97 Å². The van der Waals surface area contributed by atoms with Gasteiger partial charge in [0.2, 0.25) is 0 Å². The first kappa shape index (κ1) is 19.4. The van der Waals surface area contributed by atoms with E-state index in [-0.39, 0.29) is 0 Å². The first-order valence-corrected chi connectivity index (χ1v) is 9.84. The second-order valence-electron chi connectivity index (χ2n) is 7.72. The molecule has 0 amide bonds. The van der Waals surface area contributed by atoms with Gasteiger partial charge in [0.05, 0.1) is 11.8 Å². The zero-order valence-electron chi connectivity index (χ0n) is 16.2. The number of hydrogen-bond donors (Lipinski definition) is 2.